The Morgan fingerprint density at radius 3 is 2.45 bits per heavy atom. The zero-order chi connectivity index (χ0) is 14.2. The van der Waals surface area contributed by atoms with E-state index in [9.17, 15) is 4.79 Å². The first-order chi connectivity index (χ1) is 9.78. The number of nitrogens with zero attached hydrogens (tertiary/aromatic N) is 3. The van der Waals surface area contributed by atoms with Gasteiger partial charge in [0, 0.05) is 22.4 Å². The van der Waals surface area contributed by atoms with Crippen molar-refractivity contribution in [2.24, 2.45) is 5.11 Å². The van der Waals surface area contributed by atoms with E-state index in [0.717, 1.165) is 11.3 Å². The fourth-order valence-corrected chi connectivity index (χ4v) is 1.58. The predicted octanol–water partition coefficient (Wildman–Crippen LogP) is 4.28. The molecule has 0 aromatic heterocycles. The molecule has 5 heteroatoms. The largest absolute Gasteiger partial charge is 0.323 e. The van der Waals surface area contributed by atoms with Crippen molar-refractivity contribution >= 4 is 23.4 Å². The SMILES string of the molecule is [N-]=[N+]=Nc1ccc(C=CC(=O)Nc2ccccc2)cc1. The van der Waals surface area contributed by atoms with Gasteiger partial charge in [0.1, 0.15) is 0 Å². The van der Waals surface area contributed by atoms with Crippen molar-refractivity contribution in [1.82, 2.24) is 0 Å². The fourth-order valence-electron chi connectivity index (χ4n) is 1.58. The van der Waals surface area contributed by atoms with E-state index in [2.05, 4.69) is 15.3 Å². The second-order valence-electron chi connectivity index (χ2n) is 3.97. The number of azide groups is 1. The van der Waals surface area contributed by atoms with E-state index in [1.54, 1.807) is 30.3 Å². The highest BCUT2D eigenvalue weighted by molar-refractivity contribution is 6.01. The van der Waals surface area contributed by atoms with Gasteiger partial charge in [-0.3, -0.25) is 4.79 Å². The summed E-state index contributed by atoms with van der Waals surface area (Å²) >= 11 is 0. The second-order valence-corrected chi connectivity index (χ2v) is 3.97. The Hall–Kier alpha value is -3.04. The van der Waals surface area contributed by atoms with Gasteiger partial charge in [-0.2, -0.15) is 0 Å². The number of anilines is 1. The van der Waals surface area contributed by atoms with Gasteiger partial charge >= 0.3 is 0 Å². The molecule has 98 valence electrons. The van der Waals surface area contributed by atoms with Crippen LogP contribution in [0.4, 0.5) is 11.4 Å². The van der Waals surface area contributed by atoms with Crippen molar-refractivity contribution in [3.8, 4) is 0 Å². The number of nitrogens with one attached hydrogen (secondary N) is 1. The van der Waals surface area contributed by atoms with Gasteiger partial charge in [-0.05, 0) is 29.3 Å². The number of carbonyl (C=O) groups excluding carboxylic acids is 1. The molecule has 0 aliphatic heterocycles. The summed E-state index contributed by atoms with van der Waals surface area (Å²) in [5, 5.41) is 6.23. The topological polar surface area (TPSA) is 77.9 Å². The lowest BCUT2D eigenvalue weighted by Gasteiger charge is -2.00. The minimum atomic E-state index is -0.199. The van der Waals surface area contributed by atoms with Crippen LogP contribution < -0.4 is 5.32 Å². The van der Waals surface area contributed by atoms with Crippen LogP contribution in [0.15, 0.2) is 65.8 Å². The highest BCUT2D eigenvalue weighted by Crippen LogP contribution is 2.14. The average molecular weight is 264 g/mol. The lowest BCUT2D eigenvalue weighted by Crippen LogP contribution is -2.07. The molecular weight excluding hydrogens is 252 g/mol. The maximum absolute atomic E-state index is 11.7. The minimum Gasteiger partial charge on any atom is -0.323 e. The van der Waals surface area contributed by atoms with Crippen LogP contribution in [0, 0.1) is 0 Å². The lowest BCUT2D eigenvalue weighted by molar-refractivity contribution is -0.111. The highest BCUT2D eigenvalue weighted by atomic mass is 16.1. The molecule has 20 heavy (non-hydrogen) atoms. The normalized spacial score (nSPS) is 10.0. The van der Waals surface area contributed by atoms with Gasteiger partial charge < -0.3 is 5.32 Å². The van der Waals surface area contributed by atoms with E-state index in [-0.39, 0.29) is 5.91 Å². The maximum Gasteiger partial charge on any atom is 0.248 e. The zero-order valence-electron chi connectivity index (χ0n) is 10.6. The predicted molar refractivity (Wildman–Crippen MR) is 79.4 cm³/mol. The number of carbonyl (C=O) groups is 1. The first-order valence-corrected chi connectivity index (χ1v) is 5.97. The summed E-state index contributed by atoms with van der Waals surface area (Å²) in [6.45, 7) is 0. The molecule has 2 rings (SSSR count). The van der Waals surface area contributed by atoms with Crippen molar-refractivity contribution in [2.75, 3.05) is 5.32 Å². The monoisotopic (exact) mass is 264 g/mol. The smallest absolute Gasteiger partial charge is 0.248 e. The summed E-state index contributed by atoms with van der Waals surface area (Å²) in [5.41, 5.74) is 10.4. The summed E-state index contributed by atoms with van der Waals surface area (Å²) in [4.78, 5) is 14.4. The van der Waals surface area contributed by atoms with Gasteiger partial charge in [-0.1, -0.05) is 47.6 Å². The molecule has 0 spiro atoms. The quantitative estimate of drug-likeness (QED) is 0.380. The molecule has 5 nitrogen and oxygen atoms in total. The van der Waals surface area contributed by atoms with Crippen LogP contribution in [0.2, 0.25) is 0 Å². The van der Waals surface area contributed by atoms with Gasteiger partial charge in [-0.15, -0.1) is 0 Å². The van der Waals surface area contributed by atoms with Crippen LogP contribution in [0.3, 0.4) is 0 Å². The third-order valence-electron chi connectivity index (χ3n) is 2.52. The van der Waals surface area contributed by atoms with E-state index >= 15 is 0 Å². The molecule has 2 aromatic carbocycles. The molecule has 0 radical (unpaired) electrons. The van der Waals surface area contributed by atoms with Crippen molar-refractivity contribution < 1.29 is 4.79 Å². The van der Waals surface area contributed by atoms with Crippen molar-refractivity contribution in [1.29, 1.82) is 0 Å². The second kappa shape index (κ2) is 6.78. The molecule has 0 unspecified atom stereocenters. The molecule has 0 saturated carbocycles. The first-order valence-electron chi connectivity index (χ1n) is 5.97. The maximum atomic E-state index is 11.7. The number of benzene rings is 2. The van der Waals surface area contributed by atoms with Crippen LogP contribution in [0.5, 0.6) is 0 Å². The van der Waals surface area contributed by atoms with E-state index in [4.69, 9.17) is 5.53 Å². The van der Waals surface area contributed by atoms with Crippen LogP contribution in [-0.2, 0) is 4.79 Å². The Kier molecular flexibility index (Phi) is 4.54. The standard InChI is InChI=1S/C15H12N4O/c16-19-18-14-9-6-12(7-10-14)8-11-15(20)17-13-4-2-1-3-5-13/h1-11H,(H,17,20). The Morgan fingerprint density at radius 2 is 1.80 bits per heavy atom. The Morgan fingerprint density at radius 1 is 1.10 bits per heavy atom. The molecule has 0 bridgehead atoms. The molecular formula is C15H12N4O. The number of hydrogen-bond donors (Lipinski definition) is 1. The number of amides is 1. The first kappa shape index (κ1) is 13.4. The summed E-state index contributed by atoms with van der Waals surface area (Å²) in [5.74, 6) is -0.199. The lowest BCUT2D eigenvalue weighted by atomic mass is 10.2. The molecule has 1 amide bonds. The van der Waals surface area contributed by atoms with E-state index < -0.39 is 0 Å². The number of hydrogen-bond acceptors (Lipinski definition) is 2. The van der Waals surface area contributed by atoms with Gasteiger partial charge in [0.2, 0.25) is 5.91 Å². The molecule has 1 N–H and O–H groups in total. The summed E-state index contributed by atoms with van der Waals surface area (Å²) in [6.07, 6.45) is 3.15. The van der Waals surface area contributed by atoms with Gasteiger partial charge in [-0.25, -0.2) is 0 Å². The molecule has 2 aromatic rings. The molecule has 0 saturated heterocycles. The van der Waals surface area contributed by atoms with Crippen molar-refractivity contribution in [3.05, 3.63) is 76.7 Å². The number of rotatable bonds is 4. The van der Waals surface area contributed by atoms with E-state index in [1.165, 1.54) is 6.08 Å². The molecule has 0 heterocycles. The Bertz CT molecular complexity index is 656. The average Bonchev–Trinajstić information content (AvgIpc) is 2.48. The Balaban J connectivity index is 1.98. The highest BCUT2D eigenvalue weighted by Gasteiger charge is 1.96. The summed E-state index contributed by atoms with van der Waals surface area (Å²) in [7, 11) is 0. The zero-order valence-corrected chi connectivity index (χ0v) is 10.6. The molecule has 0 fully saturated rings. The third-order valence-corrected chi connectivity index (χ3v) is 2.52. The van der Waals surface area contributed by atoms with Gasteiger partial charge in [0.25, 0.3) is 0 Å². The molecule has 0 aliphatic carbocycles. The third kappa shape index (κ3) is 4.01. The minimum absolute atomic E-state index is 0.199. The number of para-hydroxylation sites is 1. The van der Waals surface area contributed by atoms with Crippen LogP contribution >= 0.6 is 0 Å². The van der Waals surface area contributed by atoms with Gasteiger partial charge in [0.05, 0.1) is 0 Å². The van der Waals surface area contributed by atoms with Crippen LogP contribution in [0.25, 0.3) is 16.5 Å². The Labute approximate surface area is 116 Å². The van der Waals surface area contributed by atoms with Crippen LogP contribution in [0.1, 0.15) is 5.56 Å². The van der Waals surface area contributed by atoms with Crippen molar-refractivity contribution in [2.45, 2.75) is 0 Å². The summed E-state index contributed by atoms with van der Waals surface area (Å²) in [6, 6.07) is 16.2. The summed E-state index contributed by atoms with van der Waals surface area (Å²) < 4.78 is 0. The van der Waals surface area contributed by atoms with E-state index in [0.29, 0.717) is 5.69 Å². The van der Waals surface area contributed by atoms with Crippen LogP contribution in [-0.4, -0.2) is 5.91 Å². The van der Waals surface area contributed by atoms with Gasteiger partial charge in [0.15, 0.2) is 0 Å². The molecule has 0 aliphatic rings. The molecule has 0 atom stereocenters. The fraction of sp³-hybridized carbons (Fsp3) is 0. The van der Waals surface area contributed by atoms with E-state index in [1.807, 2.05) is 30.3 Å². The van der Waals surface area contributed by atoms with Crippen molar-refractivity contribution in [3.63, 3.8) is 0 Å².